The summed E-state index contributed by atoms with van der Waals surface area (Å²) in [5.41, 5.74) is 5.61. The van der Waals surface area contributed by atoms with Crippen molar-refractivity contribution in [1.82, 2.24) is 9.97 Å². The number of hydrogen-bond acceptors (Lipinski definition) is 5. The molecule has 5 nitrogen and oxygen atoms in total. The standard InChI is InChI=1S/C14H16N4O/c1-10-8-11(2)17-14(16-10)18-15-9-12-4-6-13(19-3)7-5-12/h4-9H,1-3H3,(H,16,17,18). The number of anilines is 1. The van der Waals surface area contributed by atoms with Crippen molar-refractivity contribution >= 4 is 12.2 Å². The van der Waals surface area contributed by atoms with Crippen LogP contribution in [0, 0.1) is 13.8 Å². The molecule has 19 heavy (non-hydrogen) atoms. The minimum Gasteiger partial charge on any atom is -0.497 e. The molecule has 0 radical (unpaired) electrons. The number of nitrogens with one attached hydrogen (secondary N) is 1. The maximum atomic E-state index is 5.09. The van der Waals surface area contributed by atoms with Crippen LogP contribution in [0.4, 0.5) is 5.95 Å². The minimum absolute atomic E-state index is 0.502. The van der Waals surface area contributed by atoms with Crippen LogP contribution < -0.4 is 10.2 Å². The first-order chi connectivity index (χ1) is 9.17. The number of methoxy groups -OCH3 is 1. The third-order valence-electron chi connectivity index (χ3n) is 2.48. The molecule has 0 unspecified atom stereocenters. The molecule has 98 valence electrons. The Morgan fingerprint density at radius 3 is 2.32 bits per heavy atom. The lowest BCUT2D eigenvalue weighted by Crippen LogP contribution is -1.99. The molecule has 0 spiro atoms. The van der Waals surface area contributed by atoms with Gasteiger partial charge in [-0.15, -0.1) is 0 Å². The van der Waals surface area contributed by atoms with Crippen molar-refractivity contribution in [3.8, 4) is 5.75 Å². The minimum atomic E-state index is 0.502. The first kappa shape index (κ1) is 13.0. The average Bonchev–Trinajstić information content (AvgIpc) is 2.38. The van der Waals surface area contributed by atoms with Crippen molar-refractivity contribution in [1.29, 1.82) is 0 Å². The van der Waals surface area contributed by atoms with Crippen LogP contribution in [0.3, 0.4) is 0 Å². The molecular weight excluding hydrogens is 240 g/mol. The molecule has 0 bridgehead atoms. The van der Waals surface area contributed by atoms with Crippen molar-refractivity contribution in [2.75, 3.05) is 12.5 Å². The van der Waals surface area contributed by atoms with E-state index in [0.717, 1.165) is 22.7 Å². The third kappa shape index (κ3) is 3.77. The van der Waals surface area contributed by atoms with Gasteiger partial charge in [0.15, 0.2) is 0 Å². The highest BCUT2D eigenvalue weighted by atomic mass is 16.5. The van der Waals surface area contributed by atoms with Crippen LogP contribution >= 0.6 is 0 Å². The fourth-order valence-electron chi connectivity index (χ4n) is 1.63. The van der Waals surface area contributed by atoms with Crippen LogP contribution in [0.25, 0.3) is 0 Å². The van der Waals surface area contributed by atoms with Gasteiger partial charge >= 0.3 is 0 Å². The van der Waals surface area contributed by atoms with E-state index in [1.54, 1.807) is 13.3 Å². The lowest BCUT2D eigenvalue weighted by molar-refractivity contribution is 0.415. The summed E-state index contributed by atoms with van der Waals surface area (Å²) in [4.78, 5) is 8.47. The average molecular weight is 256 g/mol. The normalized spacial score (nSPS) is 10.7. The lowest BCUT2D eigenvalue weighted by atomic mass is 10.2. The fourth-order valence-corrected chi connectivity index (χ4v) is 1.63. The van der Waals surface area contributed by atoms with Gasteiger partial charge in [0.25, 0.3) is 0 Å². The van der Waals surface area contributed by atoms with Gasteiger partial charge in [-0.3, -0.25) is 0 Å². The van der Waals surface area contributed by atoms with E-state index >= 15 is 0 Å². The molecule has 0 fully saturated rings. The summed E-state index contributed by atoms with van der Waals surface area (Å²) in [6.45, 7) is 3.85. The SMILES string of the molecule is COc1ccc(C=NNc2nc(C)cc(C)n2)cc1. The first-order valence-electron chi connectivity index (χ1n) is 5.93. The van der Waals surface area contributed by atoms with Crippen molar-refractivity contribution in [3.05, 3.63) is 47.3 Å². The van der Waals surface area contributed by atoms with E-state index in [-0.39, 0.29) is 0 Å². The summed E-state index contributed by atoms with van der Waals surface area (Å²) in [6, 6.07) is 9.53. The summed E-state index contributed by atoms with van der Waals surface area (Å²) in [7, 11) is 1.64. The van der Waals surface area contributed by atoms with Crippen LogP contribution in [-0.4, -0.2) is 23.3 Å². The number of rotatable bonds is 4. The van der Waals surface area contributed by atoms with Gasteiger partial charge in [0.2, 0.25) is 5.95 Å². The molecule has 0 aliphatic rings. The molecular formula is C14H16N4O. The lowest BCUT2D eigenvalue weighted by Gasteiger charge is -2.02. The predicted octanol–water partition coefficient (Wildman–Crippen LogP) is 2.55. The Balaban J connectivity index is 2.02. The van der Waals surface area contributed by atoms with Gasteiger partial charge in [-0.2, -0.15) is 5.10 Å². The smallest absolute Gasteiger partial charge is 0.243 e. The van der Waals surface area contributed by atoms with Gasteiger partial charge < -0.3 is 4.74 Å². The van der Waals surface area contributed by atoms with Gasteiger partial charge in [0.1, 0.15) is 5.75 Å². The molecule has 1 N–H and O–H groups in total. The molecule has 2 rings (SSSR count). The number of benzene rings is 1. The van der Waals surface area contributed by atoms with Crippen LogP contribution in [0.1, 0.15) is 17.0 Å². The van der Waals surface area contributed by atoms with Gasteiger partial charge in [0.05, 0.1) is 13.3 Å². The molecule has 1 heterocycles. The van der Waals surface area contributed by atoms with Gasteiger partial charge in [-0.25, -0.2) is 15.4 Å². The summed E-state index contributed by atoms with van der Waals surface area (Å²) in [6.07, 6.45) is 1.71. The Morgan fingerprint density at radius 2 is 1.74 bits per heavy atom. The number of aryl methyl sites for hydroxylation is 2. The second kappa shape index (κ2) is 5.95. The Morgan fingerprint density at radius 1 is 1.11 bits per heavy atom. The van der Waals surface area contributed by atoms with Crippen molar-refractivity contribution in [3.63, 3.8) is 0 Å². The summed E-state index contributed by atoms with van der Waals surface area (Å²) >= 11 is 0. The predicted molar refractivity (Wildman–Crippen MR) is 75.7 cm³/mol. The molecule has 0 atom stereocenters. The number of nitrogens with zero attached hydrogens (tertiary/aromatic N) is 3. The highest BCUT2D eigenvalue weighted by Gasteiger charge is 1.96. The summed E-state index contributed by atoms with van der Waals surface area (Å²) in [5.74, 6) is 1.32. The van der Waals surface area contributed by atoms with Crippen LogP contribution in [0.15, 0.2) is 35.4 Å². The fraction of sp³-hybridized carbons (Fsp3) is 0.214. The highest BCUT2D eigenvalue weighted by molar-refractivity contribution is 5.80. The quantitative estimate of drug-likeness (QED) is 0.674. The zero-order valence-corrected chi connectivity index (χ0v) is 11.2. The topological polar surface area (TPSA) is 59.4 Å². The largest absolute Gasteiger partial charge is 0.497 e. The maximum absolute atomic E-state index is 5.09. The molecule has 2 aromatic rings. The first-order valence-corrected chi connectivity index (χ1v) is 5.93. The Hall–Kier alpha value is -2.43. The van der Waals surface area contributed by atoms with Crippen molar-refractivity contribution in [2.45, 2.75) is 13.8 Å². The van der Waals surface area contributed by atoms with E-state index in [4.69, 9.17) is 4.74 Å². The molecule has 0 aliphatic heterocycles. The molecule has 0 saturated carbocycles. The van der Waals surface area contributed by atoms with Gasteiger partial charge in [-0.1, -0.05) is 0 Å². The van der Waals surface area contributed by atoms with E-state index < -0.39 is 0 Å². The Kier molecular flexibility index (Phi) is 4.07. The van der Waals surface area contributed by atoms with E-state index in [1.807, 2.05) is 44.2 Å². The van der Waals surface area contributed by atoms with Crippen LogP contribution in [-0.2, 0) is 0 Å². The second-order valence-corrected chi connectivity index (χ2v) is 4.12. The van der Waals surface area contributed by atoms with Crippen LogP contribution in [0.5, 0.6) is 5.75 Å². The van der Waals surface area contributed by atoms with Crippen molar-refractivity contribution in [2.24, 2.45) is 5.10 Å². The van der Waals surface area contributed by atoms with E-state index in [2.05, 4.69) is 20.5 Å². The third-order valence-corrected chi connectivity index (χ3v) is 2.48. The Labute approximate surface area is 112 Å². The van der Waals surface area contributed by atoms with E-state index in [9.17, 15) is 0 Å². The number of hydrazone groups is 1. The molecule has 0 saturated heterocycles. The number of aromatic nitrogens is 2. The molecule has 0 amide bonds. The maximum Gasteiger partial charge on any atom is 0.243 e. The zero-order valence-electron chi connectivity index (χ0n) is 11.2. The summed E-state index contributed by atoms with van der Waals surface area (Å²) in [5, 5.41) is 4.11. The van der Waals surface area contributed by atoms with Gasteiger partial charge in [0, 0.05) is 11.4 Å². The van der Waals surface area contributed by atoms with Crippen LogP contribution in [0.2, 0.25) is 0 Å². The molecule has 1 aromatic carbocycles. The molecule has 5 heteroatoms. The second-order valence-electron chi connectivity index (χ2n) is 4.12. The van der Waals surface area contributed by atoms with Crippen molar-refractivity contribution < 1.29 is 4.74 Å². The summed E-state index contributed by atoms with van der Waals surface area (Å²) < 4.78 is 5.09. The van der Waals surface area contributed by atoms with E-state index in [0.29, 0.717) is 5.95 Å². The Bertz CT molecular complexity index is 558. The highest BCUT2D eigenvalue weighted by Crippen LogP contribution is 2.10. The van der Waals surface area contributed by atoms with Gasteiger partial charge in [-0.05, 0) is 49.7 Å². The van der Waals surface area contributed by atoms with E-state index in [1.165, 1.54) is 0 Å². The number of hydrogen-bond donors (Lipinski definition) is 1. The zero-order chi connectivity index (χ0) is 13.7. The molecule has 1 aromatic heterocycles. The number of ether oxygens (including phenoxy) is 1. The molecule has 0 aliphatic carbocycles. The monoisotopic (exact) mass is 256 g/mol.